The van der Waals surface area contributed by atoms with E-state index in [0.29, 0.717) is 0 Å². The van der Waals surface area contributed by atoms with E-state index in [1.807, 2.05) is 31.2 Å². The molecule has 0 radical (unpaired) electrons. The Labute approximate surface area is 109 Å². The number of carboxylic acid groups (broad SMARTS) is 1. The Morgan fingerprint density at radius 1 is 1.26 bits per heavy atom. The third kappa shape index (κ3) is 1.99. The number of hydrogen-bond acceptors (Lipinski definition) is 2. The van der Waals surface area contributed by atoms with Gasteiger partial charge in [-0.25, -0.2) is 9.78 Å². The SMILES string of the molecule is CC(c1cnc(C(=O)O)[nH]1)c1cc2ccccc2[nH]1. The van der Waals surface area contributed by atoms with Gasteiger partial charge in [-0.1, -0.05) is 25.1 Å². The first-order valence-electron chi connectivity index (χ1n) is 6.01. The van der Waals surface area contributed by atoms with E-state index in [4.69, 9.17) is 5.11 Å². The fourth-order valence-corrected chi connectivity index (χ4v) is 2.16. The van der Waals surface area contributed by atoms with E-state index in [0.717, 1.165) is 22.3 Å². The molecule has 0 aliphatic heterocycles. The summed E-state index contributed by atoms with van der Waals surface area (Å²) in [5.41, 5.74) is 2.88. The van der Waals surface area contributed by atoms with E-state index >= 15 is 0 Å². The molecule has 0 fully saturated rings. The second-order valence-electron chi connectivity index (χ2n) is 4.53. The Morgan fingerprint density at radius 3 is 2.74 bits per heavy atom. The normalized spacial score (nSPS) is 12.7. The van der Waals surface area contributed by atoms with Crippen molar-refractivity contribution in [1.82, 2.24) is 15.0 Å². The predicted molar refractivity (Wildman–Crippen MR) is 71.4 cm³/mol. The average molecular weight is 255 g/mol. The van der Waals surface area contributed by atoms with Crippen LogP contribution in [0.5, 0.6) is 0 Å². The molecule has 19 heavy (non-hydrogen) atoms. The summed E-state index contributed by atoms with van der Waals surface area (Å²) < 4.78 is 0. The van der Waals surface area contributed by atoms with Crippen molar-refractivity contribution in [2.45, 2.75) is 12.8 Å². The molecule has 5 nitrogen and oxygen atoms in total. The number of aromatic carboxylic acids is 1. The first-order chi connectivity index (χ1) is 9.15. The summed E-state index contributed by atoms with van der Waals surface area (Å²) in [7, 11) is 0. The number of nitrogens with zero attached hydrogens (tertiary/aromatic N) is 1. The minimum atomic E-state index is -1.05. The van der Waals surface area contributed by atoms with Crippen LogP contribution in [0.3, 0.4) is 0 Å². The van der Waals surface area contributed by atoms with Crippen LogP contribution in [-0.4, -0.2) is 26.0 Å². The molecule has 1 aromatic carbocycles. The molecule has 0 bridgehead atoms. The molecule has 1 atom stereocenters. The maximum absolute atomic E-state index is 10.8. The molecular weight excluding hydrogens is 242 g/mol. The van der Waals surface area contributed by atoms with Gasteiger partial charge in [-0.3, -0.25) is 0 Å². The highest BCUT2D eigenvalue weighted by Gasteiger charge is 2.16. The van der Waals surface area contributed by atoms with Gasteiger partial charge >= 0.3 is 5.97 Å². The van der Waals surface area contributed by atoms with Gasteiger partial charge in [-0.2, -0.15) is 0 Å². The highest BCUT2D eigenvalue weighted by Crippen LogP contribution is 2.25. The van der Waals surface area contributed by atoms with E-state index in [2.05, 4.69) is 21.0 Å². The number of imidazole rings is 1. The van der Waals surface area contributed by atoms with Crippen molar-refractivity contribution in [2.24, 2.45) is 0 Å². The Morgan fingerprint density at radius 2 is 2.05 bits per heavy atom. The van der Waals surface area contributed by atoms with Crippen LogP contribution in [0, 0.1) is 0 Å². The number of carboxylic acids is 1. The topological polar surface area (TPSA) is 81.8 Å². The average Bonchev–Trinajstić information content (AvgIpc) is 3.04. The van der Waals surface area contributed by atoms with Gasteiger partial charge in [0.05, 0.1) is 0 Å². The highest BCUT2D eigenvalue weighted by molar-refractivity contribution is 5.83. The van der Waals surface area contributed by atoms with Gasteiger partial charge in [-0.05, 0) is 17.5 Å². The van der Waals surface area contributed by atoms with Crippen LogP contribution in [0.4, 0.5) is 0 Å². The molecular formula is C14H13N3O2. The molecule has 0 saturated heterocycles. The minimum Gasteiger partial charge on any atom is -0.475 e. The van der Waals surface area contributed by atoms with Crippen LogP contribution in [0.25, 0.3) is 10.9 Å². The molecule has 2 aromatic heterocycles. The Kier molecular flexibility index (Phi) is 2.59. The zero-order valence-corrected chi connectivity index (χ0v) is 10.3. The second-order valence-corrected chi connectivity index (χ2v) is 4.53. The van der Waals surface area contributed by atoms with Crippen molar-refractivity contribution in [2.75, 3.05) is 0 Å². The number of H-pyrrole nitrogens is 2. The van der Waals surface area contributed by atoms with E-state index in [9.17, 15) is 4.79 Å². The van der Waals surface area contributed by atoms with E-state index in [-0.39, 0.29) is 11.7 Å². The van der Waals surface area contributed by atoms with Crippen LogP contribution >= 0.6 is 0 Å². The standard InChI is InChI=1S/C14H13N3O2/c1-8(12-7-15-13(17-12)14(18)19)11-6-9-4-2-3-5-10(9)16-11/h2-8,16H,1H3,(H,15,17)(H,18,19). The molecule has 0 aliphatic rings. The molecule has 0 spiro atoms. The van der Waals surface area contributed by atoms with Crippen molar-refractivity contribution in [1.29, 1.82) is 0 Å². The maximum atomic E-state index is 10.8. The van der Waals surface area contributed by atoms with Gasteiger partial charge in [0.15, 0.2) is 0 Å². The summed E-state index contributed by atoms with van der Waals surface area (Å²) in [4.78, 5) is 20.8. The van der Waals surface area contributed by atoms with Crippen LogP contribution in [0.15, 0.2) is 36.5 Å². The summed E-state index contributed by atoms with van der Waals surface area (Å²) in [6.07, 6.45) is 1.57. The molecule has 3 aromatic rings. The van der Waals surface area contributed by atoms with Gasteiger partial charge in [0, 0.05) is 29.0 Å². The van der Waals surface area contributed by atoms with Gasteiger partial charge in [0.2, 0.25) is 5.82 Å². The highest BCUT2D eigenvalue weighted by atomic mass is 16.4. The van der Waals surface area contributed by atoms with Gasteiger partial charge < -0.3 is 15.1 Å². The number of aromatic amines is 2. The largest absolute Gasteiger partial charge is 0.475 e. The van der Waals surface area contributed by atoms with Crippen molar-refractivity contribution < 1.29 is 9.90 Å². The number of carbonyl (C=O) groups is 1. The lowest BCUT2D eigenvalue weighted by Gasteiger charge is -2.06. The van der Waals surface area contributed by atoms with E-state index in [1.165, 1.54) is 0 Å². The Bertz CT molecular complexity index is 709. The first-order valence-corrected chi connectivity index (χ1v) is 6.01. The van der Waals surface area contributed by atoms with Gasteiger partial charge in [-0.15, -0.1) is 0 Å². The van der Waals surface area contributed by atoms with Crippen LogP contribution < -0.4 is 0 Å². The van der Waals surface area contributed by atoms with E-state index < -0.39 is 5.97 Å². The molecule has 0 aliphatic carbocycles. The number of benzene rings is 1. The second kappa shape index (κ2) is 4.28. The predicted octanol–water partition coefficient (Wildman–Crippen LogP) is 2.74. The number of fused-ring (bicyclic) bond motifs is 1. The first kappa shape index (κ1) is 11.5. The molecule has 5 heteroatoms. The fraction of sp³-hybridized carbons (Fsp3) is 0.143. The molecule has 0 amide bonds. The number of para-hydroxylation sites is 1. The number of hydrogen-bond donors (Lipinski definition) is 3. The van der Waals surface area contributed by atoms with Crippen LogP contribution in [0.1, 0.15) is 34.8 Å². The quantitative estimate of drug-likeness (QED) is 0.673. The molecule has 0 saturated carbocycles. The Balaban J connectivity index is 1.97. The maximum Gasteiger partial charge on any atom is 0.371 e. The lowest BCUT2D eigenvalue weighted by molar-refractivity contribution is 0.0684. The van der Waals surface area contributed by atoms with Crippen LogP contribution in [0.2, 0.25) is 0 Å². The molecule has 3 rings (SSSR count). The number of aromatic nitrogens is 3. The van der Waals surface area contributed by atoms with Gasteiger partial charge in [0.1, 0.15) is 0 Å². The third-order valence-corrected chi connectivity index (χ3v) is 3.28. The minimum absolute atomic E-state index is 0.0297. The number of rotatable bonds is 3. The summed E-state index contributed by atoms with van der Waals surface area (Å²) in [6.45, 7) is 2.00. The zero-order chi connectivity index (χ0) is 13.4. The summed E-state index contributed by atoms with van der Waals surface area (Å²) in [5.74, 6) is -1.04. The summed E-state index contributed by atoms with van der Waals surface area (Å²) in [6, 6.07) is 10.1. The van der Waals surface area contributed by atoms with Crippen molar-refractivity contribution in [3.63, 3.8) is 0 Å². The number of nitrogens with one attached hydrogen (secondary N) is 2. The van der Waals surface area contributed by atoms with Crippen LogP contribution in [-0.2, 0) is 0 Å². The molecule has 2 heterocycles. The van der Waals surface area contributed by atoms with Crippen molar-refractivity contribution in [3.05, 3.63) is 53.7 Å². The zero-order valence-electron chi connectivity index (χ0n) is 10.3. The van der Waals surface area contributed by atoms with Crippen molar-refractivity contribution >= 4 is 16.9 Å². The fourth-order valence-electron chi connectivity index (χ4n) is 2.16. The van der Waals surface area contributed by atoms with Gasteiger partial charge in [0.25, 0.3) is 0 Å². The lowest BCUT2D eigenvalue weighted by Crippen LogP contribution is -2.01. The Hall–Kier alpha value is -2.56. The molecule has 1 unspecified atom stereocenters. The molecule has 3 N–H and O–H groups in total. The summed E-state index contributed by atoms with van der Waals surface area (Å²) in [5, 5.41) is 10.0. The smallest absolute Gasteiger partial charge is 0.371 e. The van der Waals surface area contributed by atoms with E-state index in [1.54, 1.807) is 6.20 Å². The summed E-state index contributed by atoms with van der Waals surface area (Å²) >= 11 is 0. The molecule has 96 valence electrons. The monoisotopic (exact) mass is 255 g/mol. The third-order valence-electron chi connectivity index (χ3n) is 3.28. The lowest BCUT2D eigenvalue weighted by atomic mass is 10.1. The van der Waals surface area contributed by atoms with Crippen molar-refractivity contribution in [3.8, 4) is 0 Å².